The van der Waals surface area contributed by atoms with Crippen molar-refractivity contribution in [2.75, 3.05) is 27.2 Å². The van der Waals surface area contributed by atoms with E-state index in [2.05, 4.69) is 11.1 Å². The Kier molecular flexibility index (Phi) is 4.75. The highest BCUT2D eigenvalue weighted by atomic mass is 16.2. The first-order valence-electron chi connectivity index (χ1n) is 8.75. The molecule has 0 radical (unpaired) electrons. The average molecular weight is 339 g/mol. The third-order valence-corrected chi connectivity index (χ3v) is 4.96. The van der Waals surface area contributed by atoms with Gasteiger partial charge in [-0.25, -0.2) is 0 Å². The zero-order valence-corrected chi connectivity index (χ0v) is 15.4. The van der Waals surface area contributed by atoms with Crippen LogP contribution < -0.4 is 0 Å². The molecule has 1 saturated heterocycles. The number of hydrogen-bond acceptors (Lipinski definition) is 3. The van der Waals surface area contributed by atoms with Crippen molar-refractivity contribution in [3.8, 4) is 0 Å². The Morgan fingerprint density at radius 2 is 1.80 bits per heavy atom. The van der Waals surface area contributed by atoms with Gasteiger partial charge in [0.05, 0.1) is 16.8 Å². The molecular weight excluding hydrogens is 314 g/mol. The normalized spacial score (nSPS) is 15.4. The van der Waals surface area contributed by atoms with E-state index in [0.29, 0.717) is 18.7 Å². The molecule has 1 aliphatic rings. The standard InChI is InChI=1S/C20H25N3O2/c1-13-5-6-18-16(11-13)12-17(14(2)21-18)20(25)23-9-7-15(8-10-23)19(24)22(3)4/h5-6,11-12,15H,7-10H2,1-4H3. The molecule has 1 aromatic heterocycles. The molecule has 0 N–H and O–H groups in total. The Morgan fingerprint density at radius 1 is 1.12 bits per heavy atom. The van der Waals surface area contributed by atoms with Crippen molar-refractivity contribution in [2.45, 2.75) is 26.7 Å². The third kappa shape index (κ3) is 3.50. The zero-order valence-electron chi connectivity index (χ0n) is 15.4. The second-order valence-electron chi connectivity index (χ2n) is 7.12. The largest absolute Gasteiger partial charge is 0.349 e. The maximum absolute atomic E-state index is 13.0. The molecule has 0 unspecified atom stereocenters. The van der Waals surface area contributed by atoms with Crippen LogP contribution in [0.4, 0.5) is 0 Å². The lowest BCUT2D eigenvalue weighted by atomic mass is 9.95. The molecule has 2 aromatic rings. The van der Waals surface area contributed by atoms with E-state index in [9.17, 15) is 9.59 Å². The van der Waals surface area contributed by atoms with Crippen LogP contribution in [0.1, 0.15) is 34.5 Å². The van der Waals surface area contributed by atoms with Crippen LogP contribution in [0.25, 0.3) is 10.9 Å². The van der Waals surface area contributed by atoms with Crippen molar-refractivity contribution in [3.05, 3.63) is 41.1 Å². The number of likely N-dealkylation sites (tertiary alicyclic amines) is 1. The number of carbonyl (C=O) groups excluding carboxylic acids is 2. The van der Waals surface area contributed by atoms with Crippen LogP contribution in [0.15, 0.2) is 24.3 Å². The molecular formula is C20H25N3O2. The van der Waals surface area contributed by atoms with E-state index >= 15 is 0 Å². The quantitative estimate of drug-likeness (QED) is 0.845. The van der Waals surface area contributed by atoms with Gasteiger partial charge in [0.25, 0.3) is 5.91 Å². The van der Waals surface area contributed by atoms with Crippen LogP contribution in [0, 0.1) is 19.8 Å². The number of hydrogen-bond donors (Lipinski definition) is 0. The number of carbonyl (C=O) groups is 2. The highest BCUT2D eigenvalue weighted by Gasteiger charge is 2.29. The van der Waals surface area contributed by atoms with Crippen LogP contribution in [0.3, 0.4) is 0 Å². The van der Waals surface area contributed by atoms with Crippen LogP contribution in [0.2, 0.25) is 0 Å². The van der Waals surface area contributed by atoms with Gasteiger partial charge in [0.15, 0.2) is 0 Å². The van der Waals surface area contributed by atoms with Crippen LogP contribution in [-0.2, 0) is 4.79 Å². The summed E-state index contributed by atoms with van der Waals surface area (Å²) in [6.45, 7) is 5.16. The van der Waals surface area contributed by atoms with E-state index in [-0.39, 0.29) is 17.7 Å². The molecule has 1 aromatic carbocycles. The molecule has 5 heteroatoms. The molecule has 1 fully saturated rings. The first kappa shape index (κ1) is 17.4. The Morgan fingerprint density at radius 3 is 2.44 bits per heavy atom. The second-order valence-corrected chi connectivity index (χ2v) is 7.12. The van der Waals surface area contributed by atoms with Gasteiger partial charge in [-0.2, -0.15) is 0 Å². The minimum absolute atomic E-state index is 0.0177. The van der Waals surface area contributed by atoms with E-state index < -0.39 is 0 Å². The van der Waals surface area contributed by atoms with Crippen molar-refractivity contribution < 1.29 is 9.59 Å². The molecule has 25 heavy (non-hydrogen) atoms. The van der Waals surface area contributed by atoms with Gasteiger partial charge in [-0.05, 0) is 44.9 Å². The Bertz CT molecular complexity index is 821. The minimum atomic E-state index is 0.0177. The van der Waals surface area contributed by atoms with E-state index in [4.69, 9.17) is 0 Å². The summed E-state index contributed by atoms with van der Waals surface area (Å²) in [6, 6.07) is 8.03. The van der Waals surface area contributed by atoms with Crippen molar-refractivity contribution in [1.82, 2.24) is 14.8 Å². The maximum atomic E-state index is 13.0. The number of benzene rings is 1. The van der Waals surface area contributed by atoms with Crippen molar-refractivity contribution in [3.63, 3.8) is 0 Å². The summed E-state index contributed by atoms with van der Waals surface area (Å²) in [6.07, 6.45) is 1.45. The monoisotopic (exact) mass is 339 g/mol. The topological polar surface area (TPSA) is 53.5 Å². The SMILES string of the molecule is Cc1ccc2nc(C)c(C(=O)N3CCC(C(=O)N(C)C)CC3)cc2c1. The molecule has 0 bridgehead atoms. The highest BCUT2D eigenvalue weighted by Crippen LogP contribution is 2.23. The van der Waals surface area contributed by atoms with Gasteiger partial charge in [0.2, 0.25) is 5.91 Å². The summed E-state index contributed by atoms with van der Waals surface area (Å²) in [5, 5.41) is 0.992. The van der Waals surface area contributed by atoms with Crippen LogP contribution in [-0.4, -0.2) is 53.8 Å². The summed E-state index contributed by atoms with van der Waals surface area (Å²) in [5.41, 5.74) is 3.48. The van der Waals surface area contributed by atoms with Gasteiger partial charge in [-0.3, -0.25) is 14.6 Å². The summed E-state index contributed by atoms with van der Waals surface area (Å²) in [5.74, 6) is 0.202. The number of nitrogens with zero attached hydrogens (tertiary/aromatic N) is 3. The number of aryl methyl sites for hydroxylation is 2. The molecule has 0 aliphatic carbocycles. The molecule has 5 nitrogen and oxygen atoms in total. The van der Waals surface area contributed by atoms with E-state index in [1.807, 2.05) is 36.9 Å². The molecule has 132 valence electrons. The van der Waals surface area contributed by atoms with Crippen molar-refractivity contribution in [1.29, 1.82) is 0 Å². The van der Waals surface area contributed by atoms with E-state index in [0.717, 1.165) is 35.0 Å². The molecule has 1 aliphatic heterocycles. The summed E-state index contributed by atoms with van der Waals surface area (Å²) in [7, 11) is 3.57. The predicted octanol–water partition coefficient (Wildman–Crippen LogP) is 2.79. The number of rotatable bonds is 2. The van der Waals surface area contributed by atoms with Gasteiger partial charge < -0.3 is 9.80 Å². The summed E-state index contributed by atoms with van der Waals surface area (Å²) < 4.78 is 0. The van der Waals surface area contributed by atoms with Crippen LogP contribution in [0.5, 0.6) is 0 Å². The van der Waals surface area contributed by atoms with Crippen molar-refractivity contribution >= 4 is 22.7 Å². The second kappa shape index (κ2) is 6.82. The zero-order chi connectivity index (χ0) is 18.1. The van der Waals surface area contributed by atoms with Gasteiger partial charge >= 0.3 is 0 Å². The number of amides is 2. The minimum Gasteiger partial charge on any atom is -0.349 e. The molecule has 0 saturated carbocycles. The fourth-order valence-corrected chi connectivity index (χ4v) is 3.47. The molecule has 2 heterocycles. The molecule has 0 atom stereocenters. The predicted molar refractivity (Wildman–Crippen MR) is 98.5 cm³/mol. The average Bonchev–Trinajstić information content (AvgIpc) is 2.60. The number of pyridine rings is 1. The first-order chi connectivity index (χ1) is 11.9. The molecule has 0 spiro atoms. The molecule has 3 rings (SSSR count). The van der Waals surface area contributed by atoms with Gasteiger partial charge in [0, 0.05) is 38.5 Å². The lowest BCUT2D eigenvalue weighted by Gasteiger charge is -2.32. The van der Waals surface area contributed by atoms with Gasteiger partial charge in [-0.1, -0.05) is 11.6 Å². The summed E-state index contributed by atoms with van der Waals surface area (Å²) in [4.78, 5) is 33.1. The van der Waals surface area contributed by atoms with Crippen LogP contribution >= 0.6 is 0 Å². The lowest BCUT2D eigenvalue weighted by Crippen LogP contribution is -2.43. The van der Waals surface area contributed by atoms with Gasteiger partial charge in [0.1, 0.15) is 0 Å². The van der Waals surface area contributed by atoms with Crippen molar-refractivity contribution in [2.24, 2.45) is 5.92 Å². The third-order valence-electron chi connectivity index (χ3n) is 4.96. The fraction of sp³-hybridized carbons (Fsp3) is 0.450. The summed E-state index contributed by atoms with van der Waals surface area (Å²) >= 11 is 0. The fourth-order valence-electron chi connectivity index (χ4n) is 3.47. The smallest absolute Gasteiger partial charge is 0.255 e. The Hall–Kier alpha value is -2.43. The Balaban J connectivity index is 1.79. The lowest BCUT2D eigenvalue weighted by molar-refractivity contribution is -0.134. The van der Waals surface area contributed by atoms with Gasteiger partial charge in [-0.15, -0.1) is 0 Å². The van der Waals surface area contributed by atoms with E-state index in [1.54, 1.807) is 19.0 Å². The maximum Gasteiger partial charge on any atom is 0.255 e. The number of piperidine rings is 1. The highest BCUT2D eigenvalue weighted by molar-refractivity contribution is 5.98. The number of fused-ring (bicyclic) bond motifs is 1. The Labute approximate surface area is 148 Å². The molecule has 2 amide bonds. The number of aromatic nitrogens is 1. The first-order valence-corrected chi connectivity index (χ1v) is 8.75. The van der Waals surface area contributed by atoms with E-state index in [1.165, 1.54) is 0 Å².